The molecule has 1 fully saturated rings. The quantitative estimate of drug-likeness (QED) is 0.758. The van der Waals surface area contributed by atoms with E-state index >= 15 is 0 Å². The number of H-pyrrole nitrogens is 1. The van der Waals surface area contributed by atoms with E-state index in [2.05, 4.69) is 4.98 Å². The number of rotatable bonds is 2. The number of hydrogen-bond donors (Lipinski definition) is 1. The first-order chi connectivity index (χ1) is 12.0. The fourth-order valence-corrected chi connectivity index (χ4v) is 3.47. The molecule has 1 aromatic heterocycles. The highest BCUT2D eigenvalue weighted by molar-refractivity contribution is 5.86. The molecular formula is C17H16F6N2O. The van der Waals surface area contributed by atoms with Gasteiger partial charge in [-0.05, 0) is 37.5 Å². The second-order valence-electron chi connectivity index (χ2n) is 6.44. The average Bonchev–Trinajstić information content (AvgIpc) is 2.52. The van der Waals surface area contributed by atoms with E-state index in [0.29, 0.717) is 37.6 Å². The molecule has 3 nitrogen and oxygen atoms in total. The molecule has 3 rings (SSSR count). The number of nitrogens with zero attached hydrogens (tertiary/aromatic N) is 1. The van der Waals surface area contributed by atoms with Gasteiger partial charge in [-0.2, -0.15) is 26.3 Å². The standard InChI is InChI=1S/C17H16F6N2O/c18-16(19,20)9-11-3-1-2-6-25(11)10-4-5-14-12(7-10)13(17(21,22)23)8-15(26)24-14/h4-5,7-8,11H,1-3,6,9H2,(H,24,26). The van der Waals surface area contributed by atoms with E-state index in [-0.39, 0.29) is 10.9 Å². The SMILES string of the molecule is O=c1cc(C(F)(F)F)c2cc(N3CCCCC3CC(F)(F)F)ccc2[nH]1. The number of hydrogen-bond acceptors (Lipinski definition) is 2. The molecule has 9 heteroatoms. The zero-order valence-electron chi connectivity index (χ0n) is 13.5. The summed E-state index contributed by atoms with van der Waals surface area (Å²) in [6, 6.07) is 3.63. The van der Waals surface area contributed by atoms with Gasteiger partial charge in [0, 0.05) is 35.2 Å². The maximum atomic E-state index is 13.3. The number of piperidine rings is 1. The minimum atomic E-state index is -4.74. The average molecular weight is 378 g/mol. The Morgan fingerprint density at radius 2 is 1.81 bits per heavy atom. The van der Waals surface area contributed by atoms with Crippen molar-refractivity contribution in [3.8, 4) is 0 Å². The van der Waals surface area contributed by atoms with Gasteiger partial charge in [0.25, 0.3) is 0 Å². The molecule has 0 radical (unpaired) electrons. The third-order valence-corrected chi connectivity index (χ3v) is 4.56. The van der Waals surface area contributed by atoms with Crippen molar-refractivity contribution in [2.45, 2.75) is 44.1 Å². The van der Waals surface area contributed by atoms with Crippen molar-refractivity contribution >= 4 is 16.6 Å². The van der Waals surface area contributed by atoms with E-state index in [9.17, 15) is 31.1 Å². The monoisotopic (exact) mass is 378 g/mol. The van der Waals surface area contributed by atoms with Crippen LogP contribution in [-0.2, 0) is 6.18 Å². The minimum Gasteiger partial charge on any atom is -0.368 e. The Bertz CT molecular complexity index is 855. The molecule has 0 amide bonds. The van der Waals surface area contributed by atoms with E-state index in [1.165, 1.54) is 23.1 Å². The topological polar surface area (TPSA) is 36.1 Å². The van der Waals surface area contributed by atoms with E-state index in [4.69, 9.17) is 0 Å². The summed E-state index contributed by atoms with van der Waals surface area (Å²) in [4.78, 5) is 15.3. The molecular weight excluding hydrogens is 362 g/mol. The summed E-state index contributed by atoms with van der Waals surface area (Å²) in [6.07, 6.45) is -8.45. The third kappa shape index (κ3) is 3.96. The molecule has 2 heterocycles. The molecule has 1 atom stereocenters. The molecule has 1 N–H and O–H groups in total. The van der Waals surface area contributed by atoms with Gasteiger partial charge < -0.3 is 9.88 Å². The van der Waals surface area contributed by atoms with Crippen molar-refractivity contribution in [1.82, 2.24) is 4.98 Å². The van der Waals surface area contributed by atoms with Crippen LogP contribution in [0.3, 0.4) is 0 Å². The van der Waals surface area contributed by atoms with Crippen LogP contribution in [0.25, 0.3) is 10.9 Å². The van der Waals surface area contributed by atoms with Crippen molar-refractivity contribution in [3.05, 3.63) is 40.2 Å². The second kappa shape index (κ2) is 6.51. The van der Waals surface area contributed by atoms with Gasteiger partial charge in [0.2, 0.25) is 5.56 Å². The lowest BCUT2D eigenvalue weighted by Crippen LogP contribution is -2.42. The highest BCUT2D eigenvalue weighted by Crippen LogP contribution is 2.37. The van der Waals surface area contributed by atoms with Crippen LogP contribution in [0.15, 0.2) is 29.1 Å². The predicted octanol–water partition coefficient (Wildman–Crippen LogP) is 4.86. The summed E-state index contributed by atoms with van der Waals surface area (Å²) in [7, 11) is 0. The molecule has 1 aliphatic rings. The van der Waals surface area contributed by atoms with Crippen molar-refractivity contribution in [3.63, 3.8) is 0 Å². The van der Waals surface area contributed by atoms with Crippen molar-refractivity contribution in [2.75, 3.05) is 11.4 Å². The number of halogens is 6. The molecule has 142 valence electrons. The lowest BCUT2D eigenvalue weighted by molar-refractivity contribution is -0.139. The minimum absolute atomic E-state index is 0.00189. The zero-order chi connectivity index (χ0) is 19.1. The number of nitrogens with one attached hydrogen (secondary N) is 1. The Morgan fingerprint density at radius 1 is 1.08 bits per heavy atom. The molecule has 1 saturated heterocycles. The summed E-state index contributed by atoms with van der Waals surface area (Å²) in [5.74, 6) is 0. The normalized spacial score (nSPS) is 19.2. The first-order valence-corrected chi connectivity index (χ1v) is 8.12. The van der Waals surface area contributed by atoms with Crippen LogP contribution in [0.5, 0.6) is 0 Å². The molecule has 0 saturated carbocycles. The van der Waals surface area contributed by atoms with Crippen LogP contribution in [-0.4, -0.2) is 23.7 Å². The van der Waals surface area contributed by atoms with Gasteiger partial charge in [0.15, 0.2) is 0 Å². The molecule has 2 aromatic rings. The van der Waals surface area contributed by atoms with Gasteiger partial charge in [-0.15, -0.1) is 0 Å². The molecule has 1 aliphatic heterocycles. The van der Waals surface area contributed by atoms with Gasteiger partial charge in [-0.25, -0.2) is 0 Å². The van der Waals surface area contributed by atoms with Gasteiger partial charge in [-0.1, -0.05) is 0 Å². The lowest BCUT2D eigenvalue weighted by atomic mass is 9.97. The van der Waals surface area contributed by atoms with E-state index in [1.54, 1.807) is 0 Å². The number of fused-ring (bicyclic) bond motifs is 1. The molecule has 1 unspecified atom stereocenters. The molecule has 0 spiro atoms. The fourth-order valence-electron chi connectivity index (χ4n) is 3.47. The molecule has 0 bridgehead atoms. The van der Waals surface area contributed by atoms with Gasteiger partial charge in [0.05, 0.1) is 12.0 Å². The zero-order valence-corrected chi connectivity index (χ0v) is 13.5. The smallest absolute Gasteiger partial charge is 0.368 e. The fraction of sp³-hybridized carbons (Fsp3) is 0.471. The summed E-state index contributed by atoms with van der Waals surface area (Å²) in [6.45, 7) is 0.344. The number of benzene rings is 1. The van der Waals surface area contributed by atoms with Crippen LogP contribution < -0.4 is 10.5 Å². The maximum Gasteiger partial charge on any atom is 0.417 e. The second-order valence-corrected chi connectivity index (χ2v) is 6.44. The van der Waals surface area contributed by atoms with E-state index in [1.807, 2.05) is 0 Å². The Labute approximate surface area is 144 Å². The molecule has 1 aromatic carbocycles. The molecule has 26 heavy (non-hydrogen) atoms. The summed E-state index contributed by atoms with van der Waals surface area (Å²) >= 11 is 0. The Kier molecular flexibility index (Phi) is 4.66. The van der Waals surface area contributed by atoms with Crippen LogP contribution >= 0.6 is 0 Å². The van der Waals surface area contributed by atoms with Gasteiger partial charge in [-0.3, -0.25) is 4.79 Å². The van der Waals surface area contributed by atoms with Crippen LogP contribution in [0.1, 0.15) is 31.2 Å². The van der Waals surface area contributed by atoms with Crippen molar-refractivity contribution < 1.29 is 26.3 Å². The first-order valence-electron chi connectivity index (χ1n) is 8.12. The van der Waals surface area contributed by atoms with Crippen molar-refractivity contribution in [2.24, 2.45) is 0 Å². The summed E-state index contributed by atoms with van der Waals surface area (Å²) in [5, 5.41) is -0.231. The Balaban J connectivity index is 2.07. The summed E-state index contributed by atoms with van der Waals surface area (Å²) < 4.78 is 78.3. The Morgan fingerprint density at radius 3 is 2.46 bits per heavy atom. The van der Waals surface area contributed by atoms with E-state index < -0.39 is 35.9 Å². The molecule has 0 aliphatic carbocycles. The largest absolute Gasteiger partial charge is 0.417 e. The highest BCUT2D eigenvalue weighted by Gasteiger charge is 2.37. The highest BCUT2D eigenvalue weighted by atomic mass is 19.4. The first kappa shape index (κ1) is 18.6. The number of alkyl halides is 6. The summed E-state index contributed by atoms with van der Waals surface area (Å²) in [5.41, 5.74) is -1.69. The van der Waals surface area contributed by atoms with Crippen LogP contribution in [0.2, 0.25) is 0 Å². The van der Waals surface area contributed by atoms with Crippen LogP contribution in [0.4, 0.5) is 32.0 Å². The van der Waals surface area contributed by atoms with Crippen LogP contribution in [0, 0.1) is 0 Å². The number of pyridine rings is 1. The maximum absolute atomic E-state index is 13.3. The van der Waals surface area contributed by atoms with Gasteiger partial charge >= 0.3 is 12.4 Å². The number of aromatic amines is 1. The third-order valence-electron chi connectivity index (χ3n) is 4.56. The Hall–Kier alpha value is -2.19. The lowest BCUT2D eigenvalue weighted by Gasteiger charge is -2.38. The predicted molar refractivity (Wildman–Crippen MR) is 85.2 cm³/mol. The number of anilines is 1. The number of aromatic nitrogens is 1. The van der Waals surface area contributed by atoms with Gasteiger partial charge in [0.1, 0.15) is 0 Å². The van der Waals surface area contributed by atoms with Crippen molar-refractivity contribution in [1.29, 1.82) is 0 Å². The van der Waals surface area contributed by atoms with E-state index in [0.717, 1.165) is 0 Å².